The summed E-state index contributed by atoms with van der Waals surface area (Å²) in [4.78, 5) is 12.5. The van der Waals surface area contributed by atoms with Crippen molar-refractivity contribution in [3.8, 4) is 17.1 Å². The molecule has 5 nitrogen and oxygen atoms in total. The first-order chi connectivity index (χ1) is 15.0. The molecule has 0 saturated heterocycles. The molecule has 1 N–H and O–H groups in total. The van der Waals surface area contributed by atoms with Gasteiger partial charge in [-0.3, -0.25) is 9.36 Å². The Labute approximate surface area is 184 Å². The van der Waals surface area contributed by atoms with Crippen molar-refractivity contribution in [1.29, 1.82) is 0 Å². The summed E-state index contributed by atoms with van der Waals surface area (Å²) < 4.78 is 16.2. The van der Waals surface area contributed by atoms with Gasteiger partial charge < -0.3 is 5.32 Å². The van der Waals surface area contributed by atoms with E-state index in [1.807, 2.05) is 62.4 Å². The maximum absolute atomic E-state index is 14.4. The fourth-order valence-electron chi connectivity index (χ4n) is 3.14. The van der Waals surface area contributed by atoms with Crippen LogP contribution in [0, 0.1) is 19.7 Å². The Morgan fingerprint density at radius 2 is 1.71 bits per heavy atom. The first-order valence-corrected chi connectivity index (χ1v) is 10.8. The molecule has 0 atom stereocenters. The summed E-state index contributed by atoms with van der Waals surface area (Å²) in [7, 11) is 0. The standard InChI is InChI=1S/C24H21FN4OS/c1-16-12-13-18(14-17(16)2)26-22(30)15-31-24-28-27-23(20-10-6-7-11-21(20)25)29(24)19-8-4-3-5-9-19/h3-14H,15H2,1-2H3,(H,26,30). The average molecular weight is 433 g/mol. The highest BCUT2D eigenvalue weighted by atomic mass is 32.2. The minimum Gasteiger partial charge on any atom is -0.325 e. The molecule has 0 spiro atoms. The molecule has 7 heteroatoms. The molecule has 0 radical (unpaired) electrons. The Kier molecular flexibility index (Phi) is 6.13. The van der Waals surface area contributed by atoms with Gasteiger partial charge in [-0.15, -0.1) is 10.2 Å². The number of benzene rings is 3. The van der Waals surface area contributed by atoms with Crippen LogP contribution >= 0.6 is 11.8 Å². The third-order valence-corrected chi connectivity index (χ3v) is 5.81. The van der Waals surface area contributed by atoms with Gasteiger partial charge in [0, 0.05) is 11.4 Å². The minimum absolute atomic E-state index is 0.148. The van der Waals surface area contributed by atoms with Crippen molar-refractivity contribution >= 4 is 23.4 Å². The molecule has 1 amide bonds. The van der Waals surface area contributed by atoms with E-state index in [1.54, 1.807) is 22.8 Å². The molecule has 156 valence electrons. The number of thioether (sulfide) groups is 1. The number of carbonyl (C=O) groups is 1. The molecular formula is C24H21FN4OS. The first-order valence-electron chi connectivity index (χ1n) is 9.78. The van der Waals surface area contributed by atoms with E-state index in [9.17, 15) is 9.18 Å². The van der Waals surface area contributed by atoms with Crippen molar-refractivity contribution in [3.05, 3.63) is 89.7 Å². The van der Waals surface area contributed by atoms with Gasteiger partial charge >= 0.3 is 0 Å². The van der Waals surface area contributed by atoms with Gasteiger partial charge in [0.2, 0.25) is 5.91 Å². The molecule has 0 bridgehead atoms. The number of aromatic nitrogens is 3. The molecule has 3 aromatic carbocycles. The van der Waals surface area contributed by atoms with E-state index in [-0.39, 0.29) is 17.5 Å². The predicted octanol–water partition coefficient (Wildman–Crippen LogP) is 5.42. The number of nitrogens with one attached hydrogen (secondary N) is 1. The molecule has 0 aliphatic heterocycles. The lowest BCUT2D eigenvalue weighted by molar-refractivity contribution is -0.113. The lowest BCUT2D eigenvalue weighted by Gasteiger charge is -2.11. The lowest BCUT2D eigenvalue weighted by atomic mass is 10.1. The summed E-state index contributed by atoms with van der Waals surface area (Å²) in [5, 5.41) is 11.9. The molecule has 31 heavy (non-hydrogen) atoms. The highest BCUT2D eigenvalue weighted by Gasteiger charge is 2.19. The van der Waals surface area contributed by atoms with Crippen LogP contribution in [0.5, 0.6) is 0 Å². The summed E-state index contributed by atoms with van der Waals surface area (Å²) in [6.45, 7) is 4.03. The van der Waals surface area contributed by atoms with Gasteiger partial charge in [-0.05, 0) is 61.4 Å². The monoisotopic (exact) mass is 432 g/mol. The molecule has 0 aliphatic rings. The average Bonchev–Trinajstić information content (AvgIpc) is 3.19. The Hall–Kier alpha value is -3.45. The summed E-state index contributed by atoms with van der Waals surface area (Å²) in [6, 6.07) is 21.7. The zero-order valence-corrected chi connectivity index (χ0v) is 18.0. The number of hydrogen-bond acceptors (Lipinski definition) is 4. The zero-order chi connectivity index (χ0) is 21.8. The van der Waals surface area contributed by atoms with E-state index in [4.69, 9.17) is 0 Å². The number of aryl methyl sites for hydroxylation is 2. The van der Waals surface area contributed by atoms with E-state index in [1.165, 1.54) is 23.4 Å². The molecule has 0 unspecified atom stereocenters. The maximum Gasteiger partial charge on any atom is 0.234 e. The van der Waals surface area contributed by atoms with Gasteiger partial charge in [0.25, 0.3) is 0 Å². The van der Waals surface area contributed by atoms with Crippen molar-refractivity contribution in [2.75, 3.05) is 11.1 Å². The maximum atomic E-state index is 14.4. The molecule has 1 aromatic heterocycles. The van der Waals surface area contributed by atoms with Crippen LogP contribution in [0.4, 0.5) is 10.1 Å². The molecule has 1 heterocycles. The number of nitrogens with zero attached hydrogens (tertiary/aromatic N) is 3. The van der Waals surface area contributed by atoms with Crippen LogP contribution in [0.2, 0.25) is 0 Å². The van der Waals surface area contributed by atoms with Crippen molar-refractivity contribution in [2.45, 2.75) is 19.0 Å². The highest BCUT2D eigenvalue weighted by Crippen LogP contribution is 2.29. The van der Waals surface area contributed by atoms with Crippen LogP contribution in [0.25, 0.3) is 17.1 Å². The van der Waals surface area contributed by atoms with Gasteiger partial charge in [-0.25, -0.2) is 4.39 Å². The number of rotatable bonds is 6. The molecule has 0 fully saturated rings. The molecular weight excluding hydrogens is 411 g/mol. The summed E-state index contributed by atoms with van der Waals surface area (Å²) >= 11 is 1.25. The van der Waals surface area contributed by atoms with Crippen LogP contribution in [0.15, 0.2) is 78.0 Å². The van der Waals surface area contributed by atoms with E-state index >= 15 is 0 Å². The van der Waals surface area contributed by atoms with Gasteiger partial charge in [-0.1, -0.05) is 48.2 Å². The van der Waals surface area contributed by atoms with Gasteiger partial charge in [0.15, 0.2) is 11.0 Å². The molecule has 4 aromatic rings. The second kappa shape index (κ2) is 9.14. The van der Waals surface area contributed by atoms with Crippen molar-refractivity contribution < 1.29 is 9.18 Å². The van der Waals surface area contributed by atoms with Crippen molar-refractivity contribution in [2.24, 2.45) is 0 Å². The third kappa shape index (κ3) is 4.67. The summed E-state index contributed by atoms with van der Waals surface area (Å²) in [6.07, 6.45) is 0. The molecule has 0 saturated carbocycles. The number of halogens is 1. The van der Waals surface area contributed by atoms with E-state index in [2.05, 4.69) is 15.5 Å². The third-order valence-electron chi connectivity index (χ3n) is 4.89. The number of anilines is 1. The zero-order valence-electron chi connectivity index (χ0n) is 17.2. The van der Waals surface area contributed by atoms with Gasteiger partial charge in [-0.2, -0.15) is 0 Å². The van der Waals surface area contributed by atoms with Crippen LogP contribution in [-0.4, -0.2) is 26.4 Å². The largest absolute Gasteiger partial charge is 0.325 e. The Balaban J connectivity index is 1.59. The Bertz CT molecular complexity index is 1220. The summed E-state index contributed by atoms with van der Waals surface area (Å²) in [5.74, 6) is 0.00982. The fourth-order valence-corrected chi connectivity index (χ4v) is 3.89. The summed E-state index contributed by atoms with van der Waals surface area (Å²) in [5.41, 5.74) is 4.19. The van der Waals surface area contributed by atoms with Gasteiger partial charge in [0.1, 0.15) is 5.82 Å². The van der Waals surface area contributed by atoms with E-state index in [0.29, 0.717) is 16.5 Å². The van der Waals surface area contributed by atoms with Crippen LogP contribution in [0.1, 0.15) is 11.1 Å². The smallest absolute Gasteiger partial charge is 0.234 e. The number of carbonyl (C=O) groups excluding carboxylic acids is 1. The first kappa shape index (κ1) is 20.8. The van der Waals surface area contributed by atoms with Crippen LogP contribution in [-0.2, 0) is 4.79 Å². The number of para-hydroxylation sites is 1. The predicted molar refractivity (Wildman–Crippen MR) is 122 cm³/mol. The van der Waals surface area contributed by atoms with E-state index in [0.717, 1.165) is 16.9 Å². The molecule has 0 aliphatic carbocycles. The quantitative estimate of drug-likeness (QED) is 0.413. The van der Waals surface area contributed by atoms with Crippen LogP contribution < -0.4 is 5.32 Å². The van der Waals surface area contributed by atoms with Crippen molar-refractivity contribution in [3.63, 3.8) is 0 Å². The van der Waals surface area contributed by atoms with E-state index < -0.39 is 0 Å². The number of hydrogen-bond donors (Lipinski definition) is 1. The normalized spacial score (nSPS) is 10.8. The Morgan fingerprint density at radius 3 is 2.45 bits per heavy atom. The molecule has 4 rings (SSSR count). The SMILES string of the molecule is Cc1ccc(NC(=O)CSc2nnc(-c3ccccc3F)n2-c2ccccc2)cc1C. The lowest BCUT2D eigenvalue weighted by Crippen LogP contribution is -2.14. The van der Waals surface area contributed by atoms with Gasteiger partial charge in [0.05, 0.1) is 11.3 Å². The highest BCUT2D eigenvalue weighted by molar-refractivity contribution is 7.99. The van der Waals surface area contributed by atoms with Crippen LogP contribution in [0.3, 0.4) is 0 Å². The fraction of sp³-hybridized carbons (Fsp3) is 0.125. The topological polar surface area (TPSA) is 59.8 Å². The van der Waals surface area contributed by atoms with Crippen molar-refractivity contribution in [1.82, 2.24) is 14.8 Å². The number of amides is 1. The second-order valence-electron chi connectivity index (χ2n) is 7.09. The Morgan fingerprint density at radius 1 is 0.968 bits per heavy atom. The second-order valence-corrected chi connectivity index (χ2v) is 8.04. The minimum atomic E-state index is -0.379.